The zero-order chi connectivity index (χ0) is 10.6. The van der Waals surface area contributed by atoms with Crippen LogP contribution < -0.4 is 10.5 Å². The summed E-state index contributed by atoms with van der Waals surface area (Å²) >= 11 is 0. The molecule has 3 nitrogen and oxygen atoms in total. The second-order valence-electron chi connectivity index (χ2n) is 2.86. The number of hydrogen-bond donors (Lipinski definition) is 2. The Morgan fingerprint density at radius 3 is 2.36 bits per heavy atom. The van der Waals surface area contributed by atoms with E-state index in [1.165, 1.54) is 0 Å². The molecule has 1 atom stereocenters. The van der Waals surface area contributed by atoms with Crippen molar-refractivity contribution in [3.05, 3.63) is 29.8 Å². The summed E-state index contributed by atoms with van der Waals surface area (Å²) in [6.45, 7) is -0.225. The average molecular weight is 203 g/mol. The summed E-state index contributed by atoms with van der Waals surface area (Å²) in [5.41, 5.74) is 5.33. The molecule has 3 N–H and O–H groups in total. The summed E-state index contributed by atoms with van der Waals surface area (Å²) in [5.74, 6) is -1.36. The first kappa shape index (κ1) is 10.9. The summed E-state index contributed by atoms with van der Waals surface area (Å²) in [5, 5.41) is 8.57. The van der Waals surface area contributed by atoms with Crippen LogP contribution in [0.4, 0.5) is 8.78 Å². The van der Waals surface area contributed by atoms with Gasteiger partial charge in [0.1, 0.15) is 24.0 Å². The summed E-state index contributed by atoms with van der Waals surface area (Å²) in [6.07, 6.45) is 0. The smallest absolute Gasteiger partial charge is 0.129 e. The van der Waals surface area contributed by atoms with Crippen LogP contribution in [0.3, 0.4) is 0 Å². The van der Waals surface area contributed by atoms with Gasteiger partial charge in [0.15, 0.2) is 0 Å². The molecule has 1 unspecified atom stereocenters. The maximum atomic E-state index is 12.6. The number of ether oxygens (including phenoxy) is 1. The highest BCUT2D eigenvalue weighted by Crippen LogP contribution is 2.15. The fraction of sp³-hybridized carbons (Fsp3) is 0.333. The van der Waals surface area contributed by atoms with Gasteiger partial charge in [0.25, 0.3) is 0 Å². The van der Waals surface area contributed by atoms with Gasteiger partial charge < -0.3 is 15.6 Å². The van der Waals surface area contributed by atoms with E-state index in [-0.39, 0.29) is 19.0 Å². The minimum atomic E-state index is -0.711. The van der Waals surface area contributed by atoms with Crippen LogP contribution in [-0.2, 0) is 0 Å². The van der Waals surface area contributed by atoms with E-state index >= 15 is 0 Å². The topological polar surface area (TPSA) is 55.5 Å². The largest absolute Gasteiger partial charge is 0.492 e. The first-order valence-corrected chi connectivity index (χ1v) is 4.07. The Morgan fingerprint density at radius 2 is 1.86 bits per heavy atom. The van der Waals surface area contributed by atoms with Crippen LogP contribution in [-0.4, -0.2) is 24.4 Å². The van der Waals surface area contributed by atoms with Gasteiger partial charge in [-0.3, -0.25) is 0 Å². The highest BCUT2D eigenvalue weighted by atomic mass is 19.1. The van der Waals surface area contributed by atoms with E-state index in [9.17, 15) is 8.78 Å². The van der Waals surface area contributed by atoms with Crippen LogP contribution in [0, 0.1) is 11.6 Å². The van der Waals surface area contributed by atoms with Gasteiger partial charge in [-0.05, 0) is 0 Å². The third-order valence-corrected chi connectivity index (χ3v) is 1.53. The lowest BCUT2D eigenvalue weighted by Gasteiger charge is -2.10. The van der Waals surface area contributed by atoms with Gasteiger partial charge in [-0.2, -0.15) is 0 Å². The van der Waals surface area contributed by atoms with Crippen LogP contribution in [0.2, 0.25) is 0 Å². The van der Waals surface area contributed by atoms with Crippen molar-refractivity contribution in [2.75, 3.05) is 13.2 Å². The molecule has 0 radical (unpaired) electrons. The fourth-order valence-electron chi connectivity index (χ4n) is 0.868. The van der Waals surface area contributed by atoms with E-state index in [2.05, 4.69) is 0 Å². The first-order valence-electron chi connectivity index (χ1n) is 4.07. The van der Waals surface area contributed by atoms with E-state index in [0.717, 1.165) is 18.2 Å². The lowest BCUT2D eigenvalue weighted by Crippen LogP contribution is -2.31. The summed E-state index contributed by atoms with van der Waals surface area (Å²) in [7, 11) is 0. The van der Waals surface area contributed by atoms with Crippen molar-refractivity contribution in [2.45, 2.75) is 6.04 Å². The molecule has 0 saturated heterocycles. The third-order valence-electron chi connectivity index (χ3n) is 1.53. The van der Waals surface area contributed by atoms with Gasteiger partial charge in [0.2, 0.25) is 0 Å². The molecule has 0 amide bonds. The van der Waals surface area contributed by atoms with E-state index in [0.29, 0.717) is 0 Å². The van der Waals surface area contributed by atoms with Crippen molar-refractivity contribution in [1.82, 2.24) is 0 Å². The second kappa shape index (κ2) is 4.88. The number of aliphatic hydroxyl groups is 1. The van der Waals surface area contributed by atoms with Gasteiger partial charge in [0.05, 0.1) is 12.6 Å². The molecule has 0 bridgehead atoms. The number of nitrogens with two attached hydrogens (primary N) is 1. The van der Waals surface area contributed by atoms with Gasteiger partial charge in [-0.25, -0.2) is 8.78 Å². The summed E-state index contributed by atoms with van der Waals surface area (Å²) in [6, 6.07) is 2.29. The van der Waals surface area contributed by atoms with Crippen LogP contribution in [0.25, 0.3) is 0 Å². The minimum Gasteiger partial charge on any atom is -0.492 e. The van der Waals surface area contributed by atoms with Crippen LogP contribution in [0.15, 0.2) is 18.2 Å². The quantitative estimate of drug-likeness (QED) is 0.756. The zero-order valence-corrected chi connectivity index (χ0v) is 7.41. The maximum Gasteiger partial charge on any atom is 0.129 e. The standard InChI is InChI=1S/C9H11F2NO2/c10-6-1-7(11)3-9(2-6)14-5-8(12)4-13/h1-3,8,13H,4-5,12H2. The number of rotatable bonds is 4. The lowest BCUT2D eigenvalue weighted by atomic mass is 10.3. The Hall–Kier alpha value is -1.20. The molecule has 1 rings (SSSR count). The number of hydrogen-bond acceptors (Lipinski definition) is 3. The molecule has 0 aliphatic rings. The van der Waals surface area contributed by atoms with Crippen molar-refractivity contribution in [3.8, 4) is 5.75 Å². The fourth-order valence-corrected chi connectivity index (χ4v) is 0.868. The van der Waals surface area contributed by atoms with Crippen molar-refractivity contribution < 1.29 is 18.6 Å². The molecule has 0 fully saturated rings. The van der Waals surface area contributed by atoms with Gasteiger partial charge >= 0.3 is 0 Å². The predicted octanol–water partition coefficient (Wildman–Crippen LogP) is 0.663. The molecular formula is C9H11F2NO2. The molecule has 0 aliphatic carbocycles. The van der Waals surface area contributed by atoms with Gasteiger partial charge in [-0.15, -0.1) is 0 Å². The van der Waals surface area contributed by atoms with Crippen LogP contribution >= 0.6 is 0 Å². The van der Waals surface area contributed by atoms with E-state index in [1.807, 2.05) is 0 Å². The average Bonchev–Trinajstić information content (AvgIpc) is 2.12. The number of halogens is 2. The normalized spacial score (nSPS) is 12.6. The molecule has 0 aromatic heterocycles. The zero-order valence-electron chi connectivity index (χ0n) is 7.41. The molecule has 1 aromatic rings. The Morgan fingerprint density at radius 1 is 1.29 bits per heavy atom. The van der Waals surface area contributed by atoms with E-state index in [1.54, 1.807) is 0 Å². The molecule has 14 heavy (non-hydrogen) atoms. The molecule has 0 heterocycles. The first-order chi connectivity index (χ1) is 6.61. The second-order valence-corrected chi connectivity index (χ2v) is 2.86. The van der Waals surface area contributed by atoms with Gasteiger partial charge in [0, 0.05) is 18.2 Å². The molecule has 78 valence electrons. The van der Waals surface area contributed by atoms with Crippen molar-refractivity contribution in [1.29, 1.82) is 0 Å². The highest BCUT2D eigenvalue weighted by Gasteiger charge is 2.04. The van der Waals surface area contributed by atoms with Crippen molar-refractivity contribution in [2.24, 2.45) is 5.73 Å². The van der Waals surface area contributed by atoms with Crippen molar-refractivity contribution >= 4 is 0 Å². The monoisotopic (exact) mass is 203 g/mol. The van der Waals surface area contributed by atoms with E-state index < -0.39 is 17.7 Å². The number of benzene rings is 1. The van der Waals surface area contributed by atoms with Crippen LogP contribution in [0.5, 0.6) is 5.75 Å². The minimum absolute atomic E-state index is 0.0133. The summed E-state index contributed by atoms with van der Waals surface area (Å²) in [4.78, 5) is 0. The summed E-state index contributed by atoms with van der Waals surface area (Å²) < 4.78 is 30.2. The molecule has 0 aliphatic heterocycles. The molecule has 0 saturated carbocycles. The lowest BCUT2D eigenvalue weighted by molar-refractivity contribution is 0.206. The number of aliphatic hydroxyl groups excluding tert-OH is 1. The Kier molecular flexibility index (Phi) is 3.79. The molecular weight excluding hydrogens is 192 g/mol. The Bertz CT molecular complexity index is 287. The highest BCUT2D eigenvalue weighted by molar-refractivity contribution is 5.23. The van der Waals surface area contributed by atoms with Crippen molar-refractivity contribution in [3.63, 3.8) is 0 Å². The van der Waals surface area contributed by atoms with E-state index in [4.69, 9.17) is 15.6 Å². The third kappa shape index (κ3) is 3.27. The Balaban J connectivity index is 2.58. The molecule has 1 aromatic carbocycles. The molecule has 0 spiro atoms. The maximum absolute atomic E-state index is 12.6. The Labute approximate surface area is 80.1 Å². The van der Waals surface area contributed by atoms with Gasteiger partial charge in [-0.1, -0.05) is 0 Å². The molecule has 5 heteroatoms. The predicted molar refractivity (Wildman–Crippen MR) is 46.9 cm³/mol. The van der Waals surface area contributed by atoms with Crippen LogP contribution in [0.1, 0.15) is 0 Å². The SMILES string of the molecule is NC(CO)COc1cc(F)cc(F)c1.